The molecule has 0 radical (unpaired) electrons. The van der Waals surface area contributed by atoms with Gasteiger partial charge in [0.2, 0.25) is 0 Å². The molecule has 0 aliphatic carbocycles. The van der Waals surface area contributed by atoms with Crippen molar-refractivity contribution in [2.75, 3.05) is 31.5 Å². The summed E-state index contributed by atoms with van der Waals surface area (Å²) in [6.07, 6.45) is 4.11. The molecule has 1 saturated heterocycles. The van der Waals surface area contributed by atoms with Crippen LogP contribution in [0.15, 0.2) is 59.0 Å². The molecule has 2 aliphatic rings. The number of carbonyl (C=O) groups excluding carboxylic acids is 2. The number of carbonyl (C=O) groups is 2. The fraction of sp³-hybridized carbons (Fsp3) is 0.259. The van der Waals surface area contributed by atoms with Crippen LogP contribution < -0.4 is 10.6 Å². The minimum absolute atomic E-state index is 0.113. The number of alkyl halides is 1. The van der Waals surface area contributed by atoms with E-state index in [1.54, 1.807) is 42.5 Å². The molecule has 2 N–H and O–H groups in total. The van der Waals surface area contributed by atoms with Crippen molar-refractivity contribution in [3.63, 3.8) is 0 Å². The third-order valence-electron chi connectivity index (χ3n) is 6.30. The van der Waals surface area contributed by atoms with E-state index in [0.717, 1.165) is 25.2 Å². The molecular formula is C27H26FN3O3. The number of furan rings is 1. The average molecular weight is 460 g/mol. The number of para-hydroxylation sites is 1. The summed E-state index contributed by atoms with van der Waals surface area (Å²) < 4.78 is 19.2. The van der Waals surface area contributed by atoms with Crippen LogP contribution in [0.2, 0.25) is 0 Å². The zero-order chi connectivity index (χ0) is 23.5. The van der Waals surface area contributed by atoms with Crippen LogP contribution in [0.5, 0.6) is 0 Å². The number of hydrogen-bond donors (Lipinski definition) is 2. The zero-order valence-corrected chi connectivity index (χ0v) is 18.8. The van der Waals surface area contributed by atoms with Crippen LogP contribution in [0, 0.1) is 0 Å². The van der Waals surface area contributed by atoms with Crippen molar-refractivity contribution in [2.45, 2.75) is 19.5 Å². The quantitative estimate of drug-likeness (QED) is 0.501. The summed E-state index contributed by atoms with van der Waals surface area (Å²) in [5.41, 5.74) is 3.38. The molecule has 0 unspecified atom stereocenters. The Labute approximate surface area is 197 Å². The molecule has 7 heteroatoms. The van der Waals surface area contributed by atoms with Gasteiger partial charge in [0.1, 0.15) is 18.2 Å². The normalized spacial score (nSPS) is 16.6. The zero-order valence-electron chi connectivity index (χ0n) is 18.8. The Balaban J connectivity index is 1.31. The molecule has 0 bridgehead atoms. The van der Waals surface area contributed by atoms with E-state index in [0.29, 0.717) is 46.0 Å². The number of nitrogens with zero attached hydrogens (tertiary/aromatic N) is 1. The van der Waals surface area contributed by atoms with Gasteiger partial charge >= 0.3 is 0 Å². The maximum absolute atomic E-state index is 13.3. The Bertz CT molecular complexity index is 1260. The predicted molar refractivity (Wildman–Crippen MR) is 130 cm³/mol. The van der Waals surface area contributed by atoms with Crippen molar-refractivity contribution in [1.29, 1.82) is 0 Å². The molecule has 0 spiro atoms. The second-order valence-electron chi connectivity index (χ2n) is 8.57. The molecule has 0 atom stereocenters. The molecular weight excluding hydrogens is 433 g/mol. The molecule has 5 rings (SSSR count). The van der Waals surface area contributed by atoms with E-state index in [2.05, 4.69) is 15.5 Å². The van der Waals surface area contributed by atoms with E-state index in [4.69, 9.17) is 4.42 Å². The maximum atomic E-state index is 13.3. The standard InChI is InChI=1S/C27H26FN3O3/c28-17-20-7-4-8-22-23(27(33)30-25(20)22)16-21-9-10-24(34-21)18-5-3-6-19(15-18)26(32)29-11-14-31-12-1-2-13-31/h3-10,15-16H,1-2,11-14,17H2,(H,29,32)(H,30,33)/b23-16+. The van der Waals surface area contributed by atoms with Gasteiger partial charge in [0.25, 0.3) is 11.8 Å². The molecule has 1 fully saturated rings. The first-order chi connectivity index (χ1) is 16.6. The molecule has 6 nitrogen and oxygen atoms in total. The van der Waals surface area contributed by atoms with E-state index >= 15 is 0 Å². The first-order valence-electron chi connectivity index (χ1n) is 11.5. The SMILES string of the molecule is O=C1Nc2c(CF)cccc2/C1=C\c1ccc(-c2cccc(C(=O)NCCN3CCCC3)c2)o1. The molecule has 3 heterocycles. The van der Waals surface area contributed by atoms with Crippen molar-refractivity contribution in [1.82, 2.24) is 10.2 Å². The number of hydrogen-bond acceptors (Lipinski definition) is 4. The summed E-state index contributed by atoms with van der Waals surface area (Å²) in [5, 5.41) is 5.73. The second kappa shape index (κ2) is 9.65. The van der Waals surface area contributed by atoms with E-state index in [1.165, 1.54) is 12.8 Å². The number of amides is 2. The first kappa shape index (κ1) is 22.1. The van der Waals surface area contributed by atoms with Crippen LogP contribution in [0.3, 0.4) is 0 Å². The summed E-state index contributed by atoms with van der Waals surface area (Å²) in [6.45, 7) is 3.05. The van der Waals surface area contributed by atoms with Gasteiger partial charge in [0.05, 0.1) is 11.3 Å². The highest BCUT2D eigenvalue weighted by Crippen LogP contribution is 2.36. The first-order valence-corrected chi connectivity index (χ1v) is 11.5. The fourth-order valence-corrected chi connectivity index (χ4v) is 4.51. The topological polar surface area (TPSA) is 74.6 Å². The summed E-state index contributed by atoms with van der Waals surface area (Å²) in [6, 6.07) is 16.0. The lowest BCUT2D eigenvalue weighted by Crippen LogP contribution is -2.33. The fourth-order valence-electron chi connectivity index (χ4n) is 4.51. The Kier molecular flexibility index (Phi) is 6.27. The third-order valence-corrected chi connectivity index (χ3v) is 6.30. The third kappa shape index (κ3) is 4.52. The van der Waals surface area contributed by atoms with Crippen molar-refractivity contribution in [3.8, 4) is 11.3 Å². The van der Waals surface area contributed by atoms with Crippen LogP contribution in [0.25, 0.3) is 23.0 Å². The number of nitrogens with one attached hydrogen (secondary N) is 2. The largest absolute Gasteiger partial charge is 0.457 e. The van der Waals surface area contributed by atoms with Gasteiger partial charge in [-0.25, -0.2) is 4.39 Å². The van der Waals surface area contributed by atoms with E-state index < -0.39 is 6.67 Å². The number of likely N-dealkylation sites (tertiary alicyclic amines) is 1. The highest BCUT2D eigenvalue weighted by molar-refractivity contribution is 6.35. The lowest BCUT2D eigenvalue weighted by atomic mass is 10.0. The predicted octanol–water partition coefficient (Wildman–Crippen LogP) is 4.73. The number of halogens is 1. The lowest BCUT2D eigenvalue weighted by Gasteiger charge is -2.14. The van der Waals surface area contributed by atoms with Crippen molar-refractivity contribution in [3.05, 3.63) is 77.0 Å². The lowest BCUT2D eigenvalue weighted by molar-refractivity contribution is -0.110. The Hall–Kier alpha value is -3.71. The Morgan fingerprint density at radius 3 is 2.76 bits per heavy atom. The van der Waals surface area contributed by atoms with Crippen LogP contribution in [-0.4, -0.2) is 42.9 Å². The summed E-state index contributed by atoms with van der Waals surface area (Å²) >= 11 is 0. The van der Waals surface area contributed by atoms with E-state index in [-0.39, 0.29) is 11.8 Å². The molecule has 1 aromatic heterocycles. The molecule has 3 aromatic rings. The van der Waals surface area contributed by atoms with Gasteiger partial charge < -0.3 is 20.0 Å². The summed E-state index contributed by atoms with van der Waals surface area (Å²) in [4.78, 5) is 27.4. The average Bonchev–Trinajstić information content (AvgIpc) is 3.61. The number of anilines is 1. The van der Waals surface area contributed by atoms with Gasteiger partial charge in [-0.15, -0.1) is 0 Å². The van der Waals surface area contributed by atoms with Crippen LogP contribution in [0.1, 0.15) is 40.1 Å². The maximum Gasteiger partial charge on any atom is 0.256 e. The summed E-state index contributed by atoms with van der Waals surface area (Å²) in [7, 11) is 0. The van der Waals surface area contributed by atoms with E-state index in [9.17, 15) is 14.0 Å². The Morgan fingerprint density at radius 1 is 1.12 bits per heavy atom. The van der Waals surface area contributed by atoms with E-state index in [1.807, 2.05) is 18.2 Å². The highest BCUT2D eigenvalue weighted by atomic mass is 19.1. The van der Waals surface area contributed by atoms with Gasteiger partial charge in [0, 0.05) is 35.3 Å². The number of fused-ring (bicyclic) bond motifs is 1. The van der Waals surface area contributed by atoms with Crippen molar-refractivity contribution >= 4 is 29.2 Å². The smallest absolute Gasteiger partial charge is 0.256 e. The molecule has 0 saturated carbocycles. The monoisotopic (exact) mass is 459 g/mol. The van der Waals surface area contributed by atoms with Crippen molar-refractivity contribution in [2.24, 2.45) is 0 Å². The second-order valence-corrected chi connectivity index (χ2v) is 8.57. The number of benzene rings is 2. The van der Waals surface area contributed by atoms with Crippen LogP contribution >= 0.6 is 0 Å². The molecule has 2 aromatic carbocycles. The highest BCUT2D eigenvalue weighted by Gasteiger charge is 2.26. The molecule has 174 valence electrons. The van der Waals surface area contributed by atoms with Crippen LogP contribution in [0.4, 0.5) is 10.1 Å². The van der Waals surface area contributed by atoms with Gasteiger partial charge in [0.15, 0.2) is 0 Å². The minimum atomic E-state index is -0.649. The molecule has 2 aliphatic heterocycles. The summed E-state index contributed by atoms with van der Waals surface area (Å²) in [5.74, 6) is 0.688. The van der Waals surface area contributed by atoms with Gasteiger partial charge in [-0.1, -0.05) is 30.3 Å². The molecule has 2 amide bonds. The van der Waals surface area contributed by atoms with Gasteiger partial charge in [-0.2, -0.15) is 0 Å². The van der Waals surface area contributed by atoms with Crippen molar-refractivity contribution < 1.29 is 18.4 Å². The number of rotatable bonds is 7. The van der Waals surface area contributed by atoms with Gasteiger partial charge in [-0.05, 0) is 56.3 Å². The van der Waals surface area contributed by atoms with Crippen LogP contribution in [-0.2, 0) is 11.5 Å². The molecule has 34 heavy (non-hydrogen) atoms. The van der Waals surface area contributed by atoms with Gasteiger partial charge in [-0.3, -0.25) is 9.59 Å². The Morgan fingerprint density at radius 2 is 1.94 bits per heavy atom. The minimum Gasteiger partial charge on any atom is -0.457 e.